The third-order valence-corrected chi connectivity index (χ3v) is 6.23. The Morgan fingerprint density at radius 1 is 0.800 bits per heavy atom. The van der Waals surface area contributed by atoms with Crippen molar-refractivity contribution in [1.82, 2.24) is 4.90 Å². The predicted molar refractivity (Wildman–Crippen MR) is 122 cm³/mol. The van der Waals surface area contributed by atoms with Gasteiger partial charge in [-0.25, -0.2) is 0 Å². The highest BCUT2D eigenvalue weighted by atomic mass is 16.5. The average Bonchev–Trinajstić information content (AvgIpc) is 2.83. The second-order valence-electron chi connectivity index (χ2n) is 8.15. The Hall–Kier alpha value is -2.46. The van der Waals surface area contributed by atoms with Gasteiger partial charge in [0.25, 0.3) is 0 Å². The SMILES string of the molecule is O[C@@](CCc1ccccc1)(c1ccccc1)[C@H](CN1CCOCC1)c1ccccc1. The monoisotopic (exact) mass is 401 g/mol. The number of benzene rings is 3. The summed E-state index contributed by atoms with van der Waals surface area (Å²) in [4.78, 5) is 2.43. The topological polar surface area (TPSA) is 32.7 Å². The lowest BCUT2D eigenvalue weighted by Gasteiger charge is -2.41. The summed E-state index contributed by atoms with van der Waals surface area (Å²) in [5.74, 6) is -0.0251. The van der Waals surface area contributed by atoms with Crippen LogP contribution in [-0.2, 0) is 16.8 Å². The second kappa shape index (κ2) is 10.0. The maximum Gasteiger partial charge on any atom is 0.0980 e. The number of aliphatic hydroxyl groups is 1. The highest BCUT2D eigenvalue weighted by molar-refractivity contribution is 5.32. The molecule has 1 heterocycles. The number of hydrogen-bond acceptors (Lipinski definition) is 3. The lowest BCUT2D eigenvalue weighted by molar-refractivity contribution is -0.0279. The lowest BCUT2D eigenvalue weighted by atomic mass is 9.73. The van der Waals surface area contributed by atoms with Gasteiger partial charge in [-0.1, -0.05) is 91.0 Å². The number of hydrogen-bond donors (Lipinski definition) is 1. The third-order valence-electron chi connectivity index (χ3n) is 6.23. The van der Waals surface area contributed by atoms with Crippen LogP contribution in [0.2, 0.25) is 0 Å². The lowest BCUT2D eigenvalue weighted by Crippen LogP contribution is -2.45. The summed E-state index contributed by atoms with van der Waals surface area (Å²) < 4.78 is 5.56. The first kappa shape index (κ1) is 20.8. The van der Waals surface area contributed by atoms with Crippen LogP contribution in [0.4, 0.5) is 0 Å². The van der Waals surface area contributed by atoms with Crippen molar-refractivity contribution >= 4 is 0 Å². The molecule has 3 heteroatoms. The van der Waals surface area contributed by atoms with Crippen LogP contribution in [0.3, 0.4) is 0 Å². The van der Waals surface area contributed by atoms with Crippen LogP contribution in [0.25, 0.3) is 0 Å². The van der Waals surface area contributed by atoms with Crippen LogP contribution in [0, 0.1) is 0 Å². The maximum absolute atomic E-state index is 12.3. The van der Waals surface area contributed by atoms with E-state index in [1.165, 1.54) is 11.1 Å². The van der Waals surface area contributed by atoms with E-state index in [2.05, 4.69) is 65.6 Å². The second-order valence-corrected chi connectivity index (χ2v) is 8.15. The van der Waals surface area contributed by atoms with Crippen molar-refractivity contribution in [3.05, 3.63) is 108 Å². The van der Waals surface area contributed by atoms with Gasteiger partial charge < -0.3 is 9.84 Å². The van der Waals surface area contributed by atoms with Gasteiger partial charge in [0.05, 0.1) is 18.8 Å². The van der Waals surface area contributed by atoms with Gasteiger partial charge in [0.2, 0.25) is 0 Å². The number of aryl methyl sites for hydroxylation is 1. The van der Waals surface area contributed by atoms with Crippen molar-refractivity contribution in [3.8, 4) is 0 Å². The molecule has 0 bridgehead atoms. The first-order valence-corrected chi connectivity index (χ1v) is 10.9. The molecule has 3 aromatic carbocycles. The van der Waals surface area contributed by atoms with Crippen molar-refractivity contribution in [1.29, 1.82) is 0 Å². The summed E-state index contributed by atoms with van der Waals surface area (Å²) >= 11 is 0. The highest BCUT2D eigenvalue weighted by Gasteiger charge is 2.40. The Balaban J connectivity index is 1.70. The van der Waals surface area contributed by atoms with Gasteiger partial charge in [0, 0.05) is 25.6 Å². The van der Waals surface area contributed by atoms with Gasteiger partial charge in [0.1, 0.15) is 0 Å². The molecule has 1 fully saturated rings. The molecule has 30 heavy (non-hydrogen) atoms. The normalized spacial score (nSPS) is 17.9. The molecule has 2 atom stereocenters. The number of rotatable bonds is 8. The molecule has 4 rings (SSSR count). The molecule has 1 aliphatic rings. The zero-order valence-electron chi connectivity index (χ0n) is 17.5. The van der Waals surface area contributed by atoms with Crippen LogP contribution in [0.15, 0.2) is 91.0 Å². The van der Waals surface area contributed by atoms with Gasteiger partial charge in [-0.2, -0.15) is 0 Å². The minimum atomic E-state index is -0.962. The van der Waals surface area contributed by atoms with Crippen molar-refractivity contribution < 1.29 is 9.84 Å². The Bertz CT molecular complexity index is 879. The fraction of sp³-hybridized carbons (Fsp3) is 0.333. The quantitative estimate of drug-likeness (QED) is 0.598. The van der Waals surface area contributed by atoms with Gasteiger partial charge in [-0.3, -0.25) is 4.90 Å². The van der Waals surface area contributed by atoms with E-state index in [1.807, 2.05) is 30.3 Å². The maximum atomic E-state index is 12.3. The Morgan fingerprint density at radius 3 is 2.00 bits per heavy atom. The minimum absolute atomic E-state index is 0.0251. The Kier molecular flexibility index (Phi) is 6.96. The van der Waals surface area contributed by atoms with E-state index in [4.69, 9.17) is 4.74 Å². The van der Waals surface area contributed by atoms with E-state index in [-0.39, 0.29) is 5.92 Å². The van der Waals surface area contributed by atoms with Crippen molar-refractivity contribution in [3.63, 3.8) is 0 Å². The third kappa shape index (κ3) is 4.99. The summed E-state index contributed by atoms with van der Waals surface area (Å²) in [6.45, 7) is 4.15. The van der Waals surface area contributed by atoms with E-state index in [0.29, 0.717) is 6.42 Å². The molecule has 1 saturated heterocycles. The van der Waals surface area contributed by atoms with E-state index in [1.54, 1.807) is 0 Å². The predicted octanol–water partition coefficient (Wildman–Crippen LogP) is 4.62. The van der Waals surface area contributed by atoms with E-state index >= 15 is 0 Å². The molecule has 0 spiro atoms. The summed E-state index contributed by atoms with van der Waals surface area (Å²) in [6.07, 6.45) is 1.50. The summed E-state index contributed by atoms with van der Waals surface area (Å²) in [7, 11) is 0. The van der Waals surface area contributed by atoms with Gasteiger partial charge in [0.15, 0.2) is 0 Å². The Morgan fingerprint density at radius 2 is 1.37 bits per heavy atom. The minimum Gasteiger partial charge on any atom is -0.384 e. The fourth-order valence-electron chi connectivity index (χ4n) is 4.49. The molecule has 1 N–H and O–H groups in total. The molecular formula is C27H31NO2. The molecule has 0 unspecified atom stereocenters. The number of ether oxygens (including phenoxy) is 1. The van der Waals surface area contributed by atoms with Crippen LogP contribution in [0.1, 0.15) is 29.0 Å². The van der Waals surface area contributed by atoms with Crippen LogP contribution in [0.5, 0.6) is 0 Å². The van der Waals surface area contributed by atoms with Crippen LogP contribution in [-0.4, -0.2) is 42.9 Å². The number of nitrogens with zero attached hydrogens (tertiary/aromatic N) is 1. The molecule has 0 radical (unpaired) electrons. The van der Waals surface area contributed by atoms with Gasteiger partial charge in [-0.05, 0) is 29.5 Å². The van der Waals surface area contributed by atoms with E-state index in [9.17, 15) is 5.11 Å². The van der Waals surface area contributed by atoms with Crippen molar-refractivity contribution in [2.24, 2.45) is 0 Å². The molecule has 1 aliphatic heterocycles. The summed E-state index contributed by atoms with van der Waals surface area (Å²) in [5, 5.41) is 12.3. The standard InChI is InChI=1S/C27H31NO2/c29-27(25-14-8-3-9-15-25,17-16-23-10-4-1-5-11-23)26(24-12-6-2-7-13-24)22-28-18-20-30-21-19-28/h1-15,26,29H,16-22H2/t26-,27+/m1/s1. The molecule has 0 amide bonds. The summed E-state index contributed by atoms with van der Waals surface area (Å²) in [6, 6.07) is 31.2. The molecule has 156 valence electrons. The molecule has 0 saturated carbocycles. The average molecular weight is 402 g/mol. The number of morpholine rings is 1. The molecule has 3 aromatic rings. The zero-order chi connectivity index (χ0) is 20.7. The molecule has 3 nitrogen and oxygen atoms in total. The Labute approximate surface area is 179 Å². The fourth-order valence-corrected chi connectivity index (χ4v) is 4.49. The van der Waals surface area contributed by atoms with Crippen LogP contribution >= 0.6 is 0 Å². The highest BCUT2D eigenvalue weighted by Crippen LogP contribution is 2.41. The van der Waals surface area contributed by atoms with Gasteiger partial charge in [-0.15, -0.1) is 0 Å². The molecule has 0 aliphatic carbocycles. The smallest absolute Gasteiger partial charge is 0.0980 e. The zero-order valence-corrected chi connectivity index (χ0v) is 17.5. The molecular weight excluding hydrogens is 370 g/mol. The van der Waals surface area contributed by atoms with E-state index in [0.717, 1.165) is 44.8 Å². The molecule has 0 aromatic heterocycles. The largest absolute Gasteiger partial charge is 0.384 e. The first-order valence-electron chi connectivity index (χ1n) is 10.9. The van der Waals surface area contributed by atoms with Crippen molar-refractivity contribution in [2.45, 2.75) is 24.4 Å². The van der Waals surface area contributed by atoms with E-state index < -0.39 is 5.60 Å². The van der Waals surface area contributed by atoms with Crippen molar-refractivity contribution in [2.75, 3.05) is 32.8 Å². The first-order chi connectivity index (χ1) is 14.8. The van der Waals surface area contributed by atoms with Gasteiger partial charge >= 0.3 is 0 Å². The van der Waals surface area contributed by atoms with Crippen LogP contribution < -0.4 is 0 Å². The summed E-state index contributed by atoms with van der Waals surface area (Å²) in [5.41, 5.74) is 2.47.